The predicted molar refractivity (Wildman–Crippen MR) is 108 cm³/mol. The maximum Gasteiger partial charge on any atom is 0.266 e. The van der Waals surface area contributed by atoms with Gasteiger partial charge in [-0.25, -0.2) is 4.98 Å². The second kappa shape index (κ2) is 7.36. The van der Waals surface area contributed by atoms with E-state index in [-0.39, 0.29) is 5.56 Å². The van der Waals surface area contributed by atoms with Crippen molar-refractivity contribution in [3.05, 3.63) is 99.8 Å². The largest absolute Gasteiger partial charge is 0.268 e. The summed E-state index contributed by atoms with van der Waals surface area (Å²) in [6.07, 6.45) is 0. The molecule has 4 aromatic rings. The Balaban J connectivity index is 1.88. The second-order valence-electron chi connectivity index (χ2n) is 5.78. The van der Waals surface area contributed by atoms with Crippen LogP contribution in [0.5, 0.6) is 0 Å². The van der Waals surface area contributed by atoms with Crippen LogP contribution >= 0.6 is 23.4 Å². The van der Waals surface area contributed by atoms with Gasteiger partial charge in [0, 0.05) is 5.75 Å². The Bertz CT molecular complexity index is 1110. The van der Waals surface area contributed by atoms with Gasteiger partial charge >= 0.3 is 0 Å². The summed E-state index contributed by atoms with van der Waals surface area (Å²) >= 11 is 7.82. The highest BCUT2D eigenvalue weighted by molar-refractivity contribution is 7.98. The van der Waals surface area contributed by atoms with Crippen molar-refractivity contribution < 1.29 is 0 Å². The van der Waals surface area contributed by atoms with Crippen LogP contribution in [0.1, 0.15) is 5.56 Å². The number of halogens is 1. The molecule has 0 radical (unpaired) electrons. The van der Waals surface area contributed by atoms with Gasteiger partial charge in [0.15, 0.2) is 5.16 Å². The Morgan fingerprint density at radius 2 is 1.58 bits per heavy atom. The first-order chi connectivity index (χ1) is 12.7. The van der Waals surface area contributed by atoms with Crippen molar-refractivity contribution in [1.82, 2.24) is 9.55 Å². The van der Waals surface area contributed by atoms with Gasteiger partial charge < -0.3 is 0 Å². The normalized spacial score (nSPS) is 11.0. The average molecular weight is 379 g/mol. The highest BCUT2D eigenvalue weighted by atomic mass is 35.5. The van der Waals surface area contributed by atoms with Crippen molar-refractivity contribution in [1.29, 1.82) is 0 Å². The highest BCUT2D eigenvalue weighted by Gasteiger charge is 2.15. The molecule has 1 heterocycles. The lowest BCUT2D eigenvalue weighted by atomic mass is 10.2. The lowest BCUT2D eigenvalue weighted by molar-refractivity contribution is 0.819. The number of hydrogen-bond acceptors (Lipinski definition) is 3. The van der Waals surface area contributed by atoms with Crippen LogP contribution < -0.4 is 5.56 Å². The third kappa shape index (κ3) is 3.26. The molecular formula is C21H15ClN2OS. The minimum atomic E-state index is -0.112. The molecule has 4 rings (SSSR count). The zero-order valence-electron chi connectivity index (χ0n) is 13.8. The number of benzene rings is 3. The third-order valence-corrected chi connectivity index (χ3v) is 5.36. The zero-order chi connectivity index (χ0) is 17.9. The van der Waals surface area contributed by atoms with Crippen molar-refractivity contribution in [2.24, 2.45) is 0 Å². The third-order valence-electron chi connectivity index (χ3n) is 4.04. The Hall–Kier alpha value is -2.56. The maximum absolute atomic E-state index is 13.2. The summed E-state index contributed by atoms with van der Waals surface area (Å²) in [4.78, 5) is 17.9. The molecule has 0 fully saturated rings. The van der Waals surface area contributed by atoms with Gasteiger partial charge in [0.25, 0.3) is 5.56 Å². The first-order valence-corrected chi connectivity index (χ1v) is 9.54. The number of para-hydroxylation sites is 2. The monoisotopic (exact) mass is 378 g/mol. The lowest BCUT2D eigenvalue weighted by Gasteiger charge is -2.13. The van der Waals surface area contributed by atoms with Gasteiger partial charge in [-0.1, -0.05) is 78.0 Å². The molecule has 0 aliphatic heterocycles. The molecule has 0 aliphatic rings. The van der Waals surface area contributed by atoms with E-state index < -0.39 is 0 Å². The van der Waals surface area contributed by atoms with E-state index in [0.29, 0.717) is 21.1 Å². The molecule has 0 spiro atoms. The second-order valence-corrected chi connectivity index (χ2v) is 7.13. The van der Waals surface area contributed by atoms with Crippen molar-refractivity contribution >= 4 is 34.3 Å². The highest BCUT2D eigenvalue weighted by Crippen LogP contribution is 2.27. The van der Waals surface area contributed by atoms with Crippen molar-refractivity contribution in [3.8, 4) is 5.69 Å². The van der Waals surface area contributed by atoms with Crippen LogP contribution in [0.25, 0.3) is 16.6 Å². The molecule has 5 heteroatoms. The molecule has 0 unspecified atom stereocenters. The molecule has 1 aromatic heterocycles. The Labute approximate surface area is 160 Å². The number of thioether (sulfide) groups is 1. The van der Waals surface area contributed by atoms with Gasteiger partial charge in [-0.2, -0.15) is 0 Å². The molecular weight excluding hydrogens is 364 g/mol. The maximum atomic E-state index is 13.2. The van der Waals surface area contributed by atoms with Gasteiger partial charge in [0.2, 0.25) is 0 Å². The van der Waals surface area contributed by atoms with Crippen molar-refractivity contribution in [3.63, 3.8) is 0 Å². The number of fused-ring (bicyclic) bond motifs is 1. The molecule has 0 saturated carbocycles. The van der Waals surface area contributed by atoms with Crippen molar-refractivity contribution in [2.75, 3.05) is 0 Å². The molecule has 0 saturated heterocycles. The molecule has 0 bridgehead atoms. The van der Waals surface area contributed by atoms with E-state index in [4.69, 9.17) is 16.6 Å². The van der Waals surface area contributed by atoms with Gasteiger partial charge in [-0.15, -0.1) is 0 Å². The summed E-state index contributed by atoms with van der Waals surface area (Å²) in [6, 6.07) is 25.0. The van der Waals surface area contributed by atoms with Gasteiger partial charge in [-0.3, -0.25) is 9.36 Å². The molecule has 128 valence electrons. The molecule has 3 aromatic carbocycles. The fourth-order valence-corrected chi connectivity index (χ4v) is 3.96. The van der Waals surface area contributed by atoms with Gasteiger partial charge in [0.05, 0.1) is 21.6 Å². The molecule has 26 heavy (non-hydrogen) atoms. The number of aromatic nitrogens is 2. The molecule has 0 amide bonds. The Kier molecular flexibility index (Phi) is 4.78. The summed E-state index contributed by atoms with van der Waals surface area (Å²) in [7, 11) is 0. The van der Waals surface area contributed by atoms with Crippen LogP contribution in [-0.2, 0) is 5.75 Å². The minimum absolute atomic E-state index is 0.112. The lowest BCUT2D eigenvalue weighted by Crippen LogP contribution is -2.21. The van der Waals surface area contributed by atoms with E-state index in [1.807, 2.05) is 48.5 Å². The molecule has 0 N–H and O–H groups in total. The fourth-order valence-electron chi connectivity index (χ4n) is 2.78. The van der Waals surface area contributed by atoms with E-state index in [0.717, 1.165) is 11.4 Å². The SMILES string of the molecule is O=c1c2cccc(Cl)c2nc(SCc2ccccc2)n1-c1ccccc1. The molecule has 0 atom stereocenters. The number of nitrogens with zero attached hydrogens (tertiary/aromatic N) is 2. The van der Waals surface area contributed by atoms with E-state index >= 15 is 0 Å². The first-order valence-electron chi connectivity index (χ1n) is 8.17. The summed E-state index contributed by atoms with van der Waals surface area (Å²) in [5, 5.41) is 1.64. The van der Waals surface area contributed by atoms with Crippen LogP contribution in [-0.4, -0.2) is 9.55 Å². The zero-order valence-corrected chi connectivity index (χ0v) is 15.4. The van der Waals surface area contributed by atoms with Crippen LogP contribution in [0.3, 0.4) is 0 Å². The van der Waals surface area contributed by atoms with Crippen LogP contribution in [0.2, 0.25) is 5.02 Å². The minimum Gasteiger partial charge on any atom is -0.268 e. The topological polar surface area (TPSA) is 34.9 Å². The van der Waals surface area contributed by atoms with E-state index in [2.05, 4.69) is 12.1 Å². The van der Waals surface area contributed by atoms with E-state index in [1.165, 1.54) is 17.3 Å². The van der Waals surface area contributed by atoms with Gasteiger partial charge in [0.1, 0.15) is 0 Å². The van der Waals surface area contributed by atoms with E-state index in [9.17, 15) is 4.79 Å². The fraction of sp³-hybridized carbons (Fsp3) is 0.0476. The molecule has 3 nitrogen and oxygen atoms in total. The average Bonchev–Trinajstić information content (AvgIpc) is 2.69. The quantitative estimate of drug-likeness (QED) is 0.355. The summed E-state index contributed by atoms with van der Waals surface area (Å²) in [5.41, 5.74) is 2.40. The predicted octanol–water partition coefficient (Wildman–Crippen LogP) is 5.33. The van der Waals surface area contributed by atoms with Gasteiger partial charge in [-0.05, 0) is 29.8 Å². The van der Waals surface area contributed by atoms with Crippen LogP contribution in [0.15, 0.2) is 88.8 Å². The number of hydrogen-bond donors (Lipinski definition) is 0. The Morgan fingerprint density at radius 1 is 0.885 bits per heavy atom. The summed E-state index contributed by atoms with van der Waals surface area (Å²) in [6.45, 7) is 0. The molecule has 0 aliphatic carbocycles. The number of rotatable bonds is 4. The summed E-state index contributed by atoms with van der Waals surface area (Å²) in [5.74, 6) is 0.718. The summed E-state index contributed by atoms with van der Waals surface area (Å²) < 4.78 is 1.66. The standard InChI is InChI=1S/C21H15ClN2OS/c22-18-13-7-12-17-19(18)23-21(26-14-15-8-3-1-4-9-15)24(20(17)25)16-10-5-2-6-11-16/h1-13H,14H2. The van der Waals surface area contributed by atoms with Crippen LogP contribution in [0.4, 0.5) is 0 Å². The van der Waals surface area contributed by atoms with Crippen LogP contribution in [0, 0.1) is 0 Å². The first kappa shape index (κ1) is 16.9. The van der Waals surface area contributed by atoms with Crippen molar-refractivity contribution in [2.45, 2.75) is 10.9 Å². The van der Waals surface area contributed by atoms with E-state index in [1.54, 1.807) is 22.8 Å². The smallest absolute Gasteiger partial charge is 0.266 e. The Morgan fingerprint density at radius 3 is 2.31 bits per heavy atom.